The molecule has 1 aliphatic heterocycles. The molecule has 1 amide bonds. The lowest BCUT2D eigenvalue weighted by Gasteiger charge is -2.32. The Balaban J connectivity index is 1.50. The molecule has 1 N–H and O–H groups in total. The minimum Gasteiger partial charge on any atom is -0.473 e. The number of halogens is 2. The summed E-state index contributed by atoms with van der Waals surface area (Å²) in [6, 6.07) is 19.6. The zero-order valence-corrected chi connectivity index (χ0v) is 20.8. The Morgan fingerprint density at radius 3 is 2.41 bits per heavy atom. The molecule has 1 aliphatic rings. The molecule has 5 nitrogen and oxygen atoms in total. The summed E-state index contributed by atoms with van der Waals surface area (Å²) in [4.78, 5) is 18.4. The molecule has 0 spiro atoms. The number of benzene rings is 2. The first-order chi connectivity index (χ1) is 16.4. The van der Waals surface area contributed by atoms with Crippen molar-refractivity contribution in [3.8, 4) is 17.1 Å². The third-order valence-electron chi connectivity index (χ3n) is 6.00. The third kappa shape index (κ3) is 7.20. The van der Waals surface area contributed by atoms with Crippen LogP contribution in [-0.2, 0) is 17.9 Å². The fraction of sp³-hybridized carbons (Fsp3) is 0.333. The van der Waals surface area contributed by atoms with E-state index < -0.39 is 0 Å². The van der Waals surface area contributed by atoms with E-state index in [0.717, 1.165) is 61.4 Å². The zero-order valence-electron chi connectivity index (χ0n) is 19.3. The topological polar surface area (TPSA) is 54.5 Å². The molecule has 178 valence electrons. The molecule has 34 heavy (non-hydrogen) atoms. The van der Waals surface area contributed by atoms with Crippen LogP contribution in [0.15, 0.2) is 60.7 Å². The molecule has 4 rings (SSSR count). The second kappa shape index (κ2) is 11.7. The van der Waals surface area contributed by atoms with Gasteiger partial charge in [-0.15, -0.1) is 0 Å². The number of rotatable bonds is 8. The summed E-state index contributed by atoms with van der Waals surface area (Å²) >= 11 is 12.5. The van der Waals surface area contributed by atoms with Crippen LogP contribution in [0.4, 0.5) is 0 Å². The van der Waals surface area contributed by atoms with Gasteiger partial charge in [0.1, 0.15) is 6.61 Å². The van der Waals surface area contributed by atoms with Crippen LogP contribution in [0.2, 0.25) is 10.0 Å². The fourth-order valence-corrected chi connectivity index (χ4v) is 4.73. The molecule has 0 unspecified atom stereocenters. The van der Waals surface area contributed by atoms with E-state index in [1.54, 1.807) is 13.0 Å². The van der Waals surface area contributed by atoms with Crippen molar-refractivity contribution >= 4 is 29.1 Å². The summed E-state index contributed by atoms with van der Waals surface area (Å²) in [5.41, 5.74) is 3.86. The van der Waals surface area contributed by atoms with E-state index in [4.69, 9.17) is 32.9 Å². The molecule has 2 heterocycles. The molecule has 0 saturated carbocycles. The Labute approximate surface area is 211 Å². The Bertz CT molecular complexity index is 1100. The van der Waals surface area contributed by atoms with Gasteiger partial charge in [0.05, 0.1) is 5.69 Å². The number of piperidine rings is 1. The summed E-state index contributed by atoms with van der Waals surface area (Å²) in [5.74, 6) is 1.15. The van der Waals surface area contributed by atoms with Gasteiger partial charge in [0.15, 0.2) is 0 Å². The highest BCUT2D eigenvalue weighted by molar-refractivity contribution is 6.35. The quantitative estimate of drug-likeness (QED) is 0.415. The number of amides is 1. The Hall–Kier alpha value is -2.60. The van der Waals surface area contributed by atoms with Crippen molar-refractivity contribution in [1.82, 2.24) is 15.2 Å². The standard InChI is InChI=1S/C27H29Cl2N3O2/c1-19(33)30-16-20-7-9-32(10-8-20)17-22-11-26(23-13-24(28)15-25(29)14-23)31-27(12-22)34-18-21-5-3-2-4-6-21/h2-6,11-15,20H,7-10,16-18H2,1H3,(H,30,33). The van der Waals surface area contributed by atoms with E-state index >= 15 is 0 Å². The number of nitrogens with zero attached hydrogens (tertiary/aromatic N) is 2. The molecular formula is C27H29Cl2N3O2. The number of carbonyl (C=O) groups excluding carboxylic acids is 1. The highest BCUT2D eigenvalue weighted by Gasteiger charge is 2.20. The number of likely N-dealkylation sites (tertiary alicyclic amines) is 1. The van der Waals surface area contributed by atoms with Crippen molar-refractivity contribution in [2.45, 2.75) is 32.9 Å². The van der Waals surface area contributed by atoms with Gasteiger partial charge in [-0.1, -0.05) is 53.5 Å². The molecule has 0 atom stereocenters. The number of ether oxygens (including phenoxy) is 1. The summed E-state index contributed by atoms with van der Waals surface area (Å²) in [7, 11) is 0. The average Bonchev–Trinajstić information content (AvgIpc) is 2.82. The molecule has 2 aromatic carbocycles. The normalized spacial score (nSPS) is 14.7. The lowest BCUT2D eigenvalue weighted by molar-refractivity contribution is -0.119. The average molecular weight is 498 g/mol. The molecule has 7 heteroatoms. The highest BCUT2D eigenvalue weighted by atomic mass is 35.5. The molecule has 1 saturated heterocycles. The first-order valence-corrected chi connectivity index (χ1v) is 12.3. The maximum Gasteiger partial charge on any atom is 0.216 e. The van der Waals surface area contributed by atoms with Gasteiger partial charge in [0.25, 0.3) is 0 Å². The first-order valence-electron chi connectivity index (χ1n) is 11.6. The Morgan fingerprint density at radius 2 is 1.74 bits per heavy atom. The fourth-order valence-electron chi connectivity index (χ4n) is 4.20. The molecule has 0 bridgehead atoms. The van der Waals surface area contributed by atoms with Crippen LogP contribution in [-0.4, -0.2) is 35.4 Å². The van der Waals surface area contributed by atoms with Crippen LogP contribution in [0.3, 0.4) is 0 Å². The van der Waals surface area contributed by atoms with E-state index in [1.165, 1.54) is 0 Å². The van der Waals surface area contributed by atoms with Crippen LogP contribution < -0.4 is 10.1 Å². The summed E-state index contributed by atoms with van der Waals surface area (Å²) < 4.78 is 6.08. The summed E-state index contributed by atoms with van der Waals surface area (Å²) in [6.07, 6.45) is 2.14. The van der Waals surface area contributed by atoms with E-state index in [1.807, 2.05) is 48.5 Å². The Kier molecular flexibility index (Phi) is 8.44. The van der Waals surface area contributed by atoms with Gasteiger partial charge in [-0.05, 0) is 67.2 Å². The number of aromatic nitrogens is 1. The maximum absolute atomic E-state index is 11.2. The summed E-state index contributed by atoms with van der Waals surface area (Å²) in [6.45, 7) is 5.56. The van der Waals surface area contributed by atoms with Crippen LogP contribution in [0.5, 0.6) is 5.88 Å². The second-order valence-corrected chi connectivity index (χ2v) is 9.66. The lowest BCUT2D eigenvalue weighted by Crippen LogP contribution is -2.37. The van der Waals surface area contributed by atoms with Crippen molar-refractivity contribution in [1.29, 1.82) is 0 Å². The second-order valence-electron chi connectivity index (χ2n) is 8.79. The predicted octanol–water partition coefficient (Wildman–Crippen LogP) is 5.98. The number of nitrogens with one attached hydrogen (secondary N) is 1. The monoisotopic (exact) mass is 497 g/mol. The highest BCUT2D eigenvalue weighted by Crippen LogP contribution is 2.29. The smallest absolute Gasteiger partial charge is 0.216 e. The van der Waals surface area contributed by atoms with Gasteiger partial charge in [0.2, 0.25) is 11.8 Å². The minimum absolute atomic E-state index is 0.0379. The van der Waals surface area contributed by atoms with Gasteiger partial charge in [-0.25, -0.2) is 4.98 Å². The molecule has 3 aromatic rings. The van der Waals surface area contributed by atoms with Crippen molar-refractivity contribution in [3.05, 3.63) is 81.8 Å². The van der Waals surface area contributed by atoms with Crippen LogP contribution >= 0.6 is 23.2 Å². The van der Waals surface area contributed by atoms with Gasteiger partial charge in [-0.3, -0.25) is 9.69 Å². The molecule has 1 fully saturated rings. The molecule has 0 aliphatic carbocycles. The predicted molar refractivity (Wildman–Crippen MR) is 137 cm³/mol. The Morgan fingerprint density at radius 1 is 1.03 bits per heavy atom. The molecule has 1 aromatic heterocycles. The minimum atomic E-state index is 0.0379. The summed E-state index contributed by atoms with van der Waals surface area (Å²) in [5, 5.41) is 4.09. The lowest BCUT2D eigenvalue weighted by atomic mass is 9.96. The zero-order chi connectivity index (χ0) is 23.9. The van der Waals surface area contributed by atoms with Crippen molar-refractivity contribution in [2.75, 3.05) is 19.6 Å². The number of carbonyl (C=O) groups is 1. The number of pyridine rings is 1. The molecular weight excluding hydrogens is 469 g/mol. The van der Waals surface area contributed by atoms with Crippen molar-refractivity contribution < 1.29 is 9.53 Å². The maximum atomic E-state index is 11.2. The third-order valence-corrected chi connectivity index (χ3v) is 6.44. The first kappa shape index (κ1) is 24.5. The van der Waals surface area contributed by atoms with E-state index in [9.17, 15) is 4.79 Å². The van der Waals surface area contributed by atoms with Crippen molar-refractivity contribution in [2.24, 2.45) is 5.92 Å². The SMILES string of the molecule is CC(=O)NCC1CCN(Cc2cc(OCc3ccccc3)nc(-c3cc(Cl)cc(Cl)c3)c2)CC1. The van der Waals surface area contributed by atoms with Crippen LogP contribution in [0.25, 0.3) is 11.3 Å². The number of hydrogen-bond acceptors (Lipinski definition) is 4. The van der Waals surface area contributed by atoms with E-state index in [-0.39, 0.29) is 5.91 Å². The largest absolute Gasteiger partial charge is 0.473 e. The van der Waals surface area contributed by atoms with Gasteiger partial charge in [-0.2, -0.15) is 0 Å². The van der Waals surface area contributed by atoms with Crippen LogP contribution in [0.1, 0.15) is 30.9 Å². The van der Waals surface area contributed by atoms with Crippen LogP contribution in [0, 0.1) is 5.92 Å². The molecule has 0 radical (unpaired) electrons. The van der Waals surface area contributed by atoms with Gasteiger partial charge >= 0.3 is 0 Å². The van der Waals surface area contributed by atoms with E-state index in [0.29, 0.717) is 28.5 Å². The van der Waals surface area contributed by atoms with Gasteiger partial charge < -0.3 is 10.1 Å². The van der Waals surface area contributed by atoms with E-state index in [2.05, 4.69) is 16.3 Å². The van der Waals surface area contributed by atoms with Crippen molar-refractivity contribution in [3.63, 3.8) is 0 Å². The number of hydrogen-bond donors (Lipinski definition) is 1. The van der Waals surface area contributed by atoms with Gasteiger partial charge in [0, 0.05) is 41.7 Å².